The summed E-state index contributed by atoms with van der Waals surface area (Å²) in [6, 6.07) is 19.5. The van der Waals surface area contributed by atoms with Gasteiger partial charge in [0.15, 0.2) is 0 Å². The third-order valence-electron chi connectivity index (χ3n) is 3.14. The molecule has 0 spiro atoms. The molecule has 2 aromatic rings. The number of ether oxygens (including phenoxy) is 1. The van der Waals surface area contributed by atoms with Crippen LogP contribution in [0.15, 0.2) is 60.7 Å². The maximum atomic E-state index is 12.5. The van der Waals surface area contributed by atoms with E-state index in [4.69, 9.17) is 14.6 Å². The van der Waals surface area contributed by atoms with E-state index in [1.165, 1.54) is 0 Å². The minimum atomic E-state index is -0.833. The minimum absolute atomic E-state index is 0.0187. The molecule has 0 bridgehead atoms. The van der Waals surface area contributed by atoms with Crippen molar-refractivity contribution in [3.8, 4) is 0 Å². The number of hydrogen-bond donors (Lipinski definition) is 1. The molecule has 23 heavy (non-hydrogen) atoms. The fraction of sp³-hybridized carbons (Fsp3) is 0.222. The first-order valence-electron chi connectivity index (χ1n) is 7.17. The van der Waals surface area contributed by atoms with Gasteiger partial charge < -0.3 is 5.11 Å². The quantitative estimate of drug-likeness (QED) is 0.503. The van der Waals surface area contributed by atoms with Gasteiger partial charge in [0.05, 0.1) is 0 Å². The Labute approximate surface area is 152 Å². The van der Waals surface area contributed by atoms with Gasteiger partial charge in [0.25, 0.3) is 5.97 Å². The van der Waals surface area contributed by atoms with Crippen molar-refractivity contribution in [3.05, 3.63) is 71.8 Å². The first-order chi connectivity index (χ1) is 11.0. The van der Waals surface area contributed by atoms with Crippen LogP contribution in [0.1, 0.15) is 28.9 Å². The molecule has 0 aliphatic carbocycles. The number of rotatable bonds is 5. The standard InChI is InChI=1S/C16H15O2.C2H4O2.Hg/c1-18-16(14-10-6-3-7-11-14)12-15(17)13-8-4-2-5-9-13;1-2(3)4;/h2-12,16H,1H3;1H3,(H,3,4);. The number of carboxylic acids is 1. The monoisotopic (exact) mass is 501 g/mol. The molecule has 0 saturated carbocycles. The van der Waals surface area contributed by atoms with E-state index in [9.17, 15) is 4.79 Å². The average molecular weight is 500 g/mol. The topological polar surface area (TPSA) is 63.6 Å². The number of Topliss-reactive ketones (excluding diaryl/α,β-unsaturated/α-hetero) is 1. The molecule has 0 radical (unpaired) electrons. The van der Waals surface area contributed by atoms with Gasteiger partial charge in [-0.3, -0.25) is 4.79 Å². The van der Waals surface area contributed by atoms with Crippen LogP contribution in [0.4, 0.5) is 0 Å². The number of benzene rings is 2. The molecule has 2 unspecified atom stereocenters. The summed E-state index contributed by atoms with van der Waals surface area (Å²) in [6.45, 7) is 1.08. The van der Waals surface area contributed by atoms with Crippen LogP contribution in [0.5, 0.6) is 0 Å². The van der Waals surface area contributed by atoms with Crippen molar-refractivity contribution in [1.29, 1.82) is 0 Å². The predicted octanol–water partition coefficient (Wildman–Crippen LogP) is 3.68. The molecule has 2 aromatic carbocycles. The third-order valence-corrected chi connectivity index (χ3v) is 6.25. The molecule has 4 nitrogen and oxygen atoms in total. The van der Waals surface area contributed by atoms with Crippen molar-refractivity contribution in [1.82, 2.24) is 0 Å². The van der Waals surface area contributed by atoms with E-state index in [-0.39, 0.29) is 15.3 Å². The van der Waals surface area contributed by atoms with Crippen molar-refractivity contribution in [3.63, 3.8) is 0 Å². The fourth-order valence-corrected chi connectivity index (χ4v) is 4.85. The number of carboxylic acid groups (broad SMARTS) is 1. The van der Waals surface area contributed by atoms with Crippen LogP contribution in [0.3, 0.4) is 0 Å². The molecule has 0 aliphatic rings. The van der Waals surface area contributed by atoms with Gasteiger partial charge in [0.1, 0.15) is 0 Å². The van der Waals surface area contributed by atoms with Crippen molar-refractivity contribution in [2.45, 2.75) is 16.5 Å². The van der Waals surface area contributed by atoms with Crippen LogP contribution in [-0.2, 0) is 35.7 Å². The molecule has 0 saturated heterocycles. The van der Waals surface area contributed by atoms with Crippen LogP contribution >= 0.6 is 0 Å². The van der Waals surface area contributed by atoms with Gasteiger partial charge in [-0.2, -0.15) is 0 Å². The molecule has 0 heterocycles. The fourth-order valence-electron chi connectivity index (χ4n) is 2.13. The number of ketones is 1. The van der Waals surface area contributed by atoms with Crippen LogP contribution in [0.2, 0.25) is 3.43 Å². The number of hydrogen-bond acceptors (Lipinski definition) is 3. The van der Waals surface area contributed by atoms with Gasteiger partial charge in [-0.1, -0.05) is 0 Å². The molecular formula is C18H19HgO4. The number of aliphatic carboxylic acids is 1. The molecule has 0 aliphatic heterocycles. The number of carbonyl (C=O) groups is 2. The normalized spacial score (nSPS) is 12.5. The average Bonchev–Trinajstić information content (AvgIpc) is 2.56. The van der Waals surface area contributed by atoms with Crippen LogP contribution in [-0.4, -0.2) is 24.0 Å². The summed E-state index contributed by atoms with van der Waals surface area (Å²) >= 11 is 0.300. The van der Waals surface area contributed by atoms with E-state index < -0.39 is 5.97 Å². The van der Waals surface area contributed by atoms with Gasteiger partial charge >= 0.3 is 130 Å². The van der Waals surface area contributed by atoms with Gasteiger partial charge in [-0.25, -0.2) is 0 Å². The number of carbonyl (C=O) groups excluding carboxylic acids is 1. The molecule has 0 aromatic heterocycles. The van der Waals surface area contributed by atoms with Gasteiger partial charge in [0, 0.05) is 6.92 Å². The second-order valence-electron chi connectivity index (χ2n) is 4.92. The Kier molecular flexibility index (Phi) is 8.73. The maximum absolute atomic E-state index is 12.5. The summed E-state index contributed by atoms with van der Waals surface area (Å²) in [4.78, 5) is 21.5. The van der Waals surface area contributed by atoms with Crippen molar-refractivity contribution in [2.75, 3.05) is 7.11 Å². The Bertz CT molecular complexity index is 609. The molecule has 0 fully saturated rings. The third kappa shape index (κ3) is 6.63. The molecule has 2 atom stereocenters. The summed E-state index contributed by atoms with van der Waals surface area (Å²) in [7, 11) is 1.68. The molecule has 5 heteroatoms. The van der Waals surface area contributed by atoms with E-state index in [1.807, 2.05) is 60.7 Å². The summed E-state index contributed by atoms with van der Waals surface area (Å²) < 4.78 is 5.55. The van der Waals surface area contributed by atoms with E-state index in [0.717, 1.165) is 18.1 Å². The summed E-state index contributed by atoms with van der Waals surface area (Å²) in [5, 5.41) is 7.42. The van der Waals surface area contributed by atoms with Crippen LogP contribution < -0.4 is 0 Å². The molecule has 117 valence electrons. The predicted molar refractivity (Wildman–Crippen MR) is 84.0 cm³/mol. The van der Waals surface area contributed by atoms with E-state index in [2.05, 4.69) is 0 Å². The van der Waals surface area contributed by atoms with Crippen molar-refractivity contribution >= 4 is 11.8 Å². The first-order valence-corrected chi connectivity index (χ1v) is 10.3. The summed E-state index contributed by atoms with van der Waals surface area (Å²) in [5.74, 6) is -0.639. The summed E-state index contributed by atoms with van der Waals surface area (Å²) in [6.07, 6.45) is -0.128. The second-order valence-corrected chi connectivity index (χ2v) is 8.34. The van der Waals surface area contributed by atoms with E-state index in [0.29, 0.717) is 26.1 Å². The molecule has 2 rings (SSSR count). The zero-order valence-electron chi connectivity index (χ0n) is 13.3. The Morgan fingerprint density at radius 2 is 1.43 bits per heavy atom. The van der Waals surface area contributed by atoms with Gasteiger partial charge in [0.2, 0.25) is 0 Å². The Morgan fingerprint density at radius 3 is 1.87 bits per heavy atom. The zero-order chi connectivity index (χ0) is 17.2. The number of methoxy groups -OCH3 is 1. The Hall–Kier alpha value is -1.52. The Balaban J connectivity index is 0.000000593. The van der Waals surface area contributed by atoms with Crippen molar-refractivity contribution in [2.24, 2.45) is 0 Å². The first kappa shape index (κ1) is 19.5. The molecule has 0 amide bonds. The van der Waals surface area contributed by atoms with E-state index in [1.54, 1.807) is 7.11 Å². The van der Waals surface area contributed by atoms with Gasteiger partial charge in [-0.15, -0.1) is 0 Å². The van der Waals surface area contributed by atoms with Crippen LogP contribution in [0, 0.1) is 0 Å². The second kappa shape index (κ2) is 10.3. The van der Waals surface area contributed by atoms with Crippen molar-refractivity contribution < 1.29 is 45.6 Å². The van der Waals surface area contributed by atoms with E-state index >= 15 is 0 Å². The molecule has 1 N–H and O–H groups in total. The van der Waals surface area contributed by atoms with Gasteiger partial charge in [-0.05, 0) is 0 Å². The SMILES string of the molecule is CC(=O)O.COC(c1ccccc1)[CH]([Hg])C(=O)c1ccccc1. The van der Waals surface area contributed by atoms with Crippen LogP contribution in [0.25, 0.3) is 0 Å². The summed E-state index contributed by atoms with van der Waals surface area (Å²) in [5.41, 5.74) is 1.86. The molecular weight excluding hydrogens is 481 g/mol. The zero-order valence-corrected chi connectivity index (χ0v) is 18.8. The Morgan fingerprint density at radius 1 is 1.00 bits per heavy atom.